The zero-order valence-corrected chi connectivity index (χ0v) is 12.1. The normalized spacial score (nSPS) is 13.8. The van der Waals surface area contributed by atoms with Crippen molar-refractivity contribution in [3.8, 4) is 0 Å². The molecule has 2 atom stereocenters. The molecule has 0 aliphatic carbocycles. The van der Waals surface area contributed by atoms with E-state index in [1.807, 2.05) is 22.6 Å². The number of carbonyl (C=O) groups is 2. The zero-order chi connectivity index (χ0) is 13.9. The number of hydrogen-bond acceptors (Lipinski definition) is 2. The van der Waals surface area contributed by atoms with Crippen LogP contribution in [0.4, 0.5) is 4.39 Å². The summed E-state index contributed by atoms with van der Waals surface area (Å²) in [6, 6.07) is 3.32. The number of nitrogens with one attached hydrogen (secondary N) is 1. The number of benzene rings is 1. The van der Waals surface area contributed by atoms with E-state index in [0.29, 0.717) is 9.13 Å². The van der Waals surface area contributed by atoms with Gasteiger partial charge < -0.3 is 10.4 Å². The second kappa shape index (κ2) is 6.12. The Hall–Kier alpha value is -1.18. The Bertz CT molecular complexity index is 478. The van der Waals surface area contributed by atoms with Gasteiger partial charge in [0.2, 0.25) is 0 Å². The van der Waals surface area contributed by atoms with Crippen LogP contribution in [-0.4, -0.2) is 23.0 Å². The zero-order valence-electron chi connectivity index (χ0n) is 9.91. The topological polar surface area (TPSA) is 66.4 Å². The van der Waals surface area contributed by atoms with Crippen molar-refractivity contribution in [3.63, 3.8) is 0 Å². The van der Waals surface area contributed by atoms with Crippen LogP contribution in [0.2, 0.25) is 0 Å². The summed E-state index contributed by atoms with van der Waals surface area (Å²) in [5.74, 6) is -2.48. The number of carboxylic acid groups (broad SMARTS) is 1. The molecule has 0 saturated heterocycles. The molecule has 0 aromatic heterocycles. The van der Waals surface area contributed by atoms with Gasteiger partial charge in [-0.15, -0.1) is 0 Å². The summed E-state index contributed by atoms with van der Waals surface area (Å²) in [4.78, 5) is 22.7. The summed E-state index contributed by atoms with van der Waals surface area (Å²) in [5.41, 5.74) is 0.335. The van der Waals surface area contributed by atoms with Crippen molar-refractivity contribution in [1.29, 1.82) is 0 Å². The Labute approximate surface area is 118 Å². The Morgan fingerprint density at radius 3 is 2.50 bits per heavy atom. The van der Waals surface area contributed by atoms with Gasteiger partial charge in [0, 0.05) is 9.61 Å². The molecule has 0 fully saturated rings. The van der Waals surface area contributed by atoms with Crippen LogP contribution < -0.4 is 5.32 Å². The van der Waals surface area contributed by atoms with Crippen LogP contribution in [0.25, 0.3) is 0 Å². The van der Waals surface area contributed by atoms with E-state index in [2.05, 4.69) is 5.32 Å². The fraction of sp³-hybridized carbons (Fsp3) is 0.333. The lowest BCUT2D eigenvalue weighted by molar-refractivity contribution is -0.141. The van der Waals surface area contributed by atoms with E-state index >= 15 is 0 Å². The third-order valence-electron chi connectivity index (χ3n) is 2.67. The van der Waals surface area contributed by atoms with Crippen LogP contribution in [0.5, 0.6) is 0 Å². The molecule has 0 spiro atoms. The summed E-state index contributed by atoms with van der Waals surface area (Å²) in [6.45, 7) is 3.13. The number of halogens is 2. The van der Waals surface area contributed by atoms with Gasteiger partial charge in [0.15, 0.2) is 0 Å². The van der Waals surface area contributed by atoms with E-state index < -0.39 is 29.7 Å². The van der Waals surface area contributed by atoms with E-state index in [1.54, 1.807) is 6.92 Å². The van der Waals surface area contributed by atoms with Crippen molar-refractivity contribution >= 4 is 34.5 Å². The Kier molecular flexibility index (Phi) is 5.06. The maximum Gasteiger partial charge on any atom is 0.308 e. The SMILES string of the molecule is CC(NC(=O)c1ccc(F)cc1I)C(C)C(=O)O. The predicted octanol–water partition coefficient (Wildman–Crippen LogP) is 2.27. The number of amides is 1. The molecule has 98 valence electrons. The monoisotopic (exact) mass is 365 g/mol. The summed E-state index contributed by atoms with van der Waals surface area (Å²) in [5, 5.41) is 11.4. The molecule has 0 aliphatic rings. The van der Waals surface area contributed by atoms with Gasteiger partial charge in [-0.2, -0.15) is 0 Å². The summed E-state index contributed by atoms with van der Waals surface area (Å²) in [6.07, 6.45) is 0. The first-order valence-corrected chi connectivity index (χ1v) is 6.39. The van der Waals surface area contributed by atoms with Crippen LogP contribution in [-0.2, 0) is 4.79 Å². The average Bonchev–Trinajstić information content (AvgIpc) is 2.27. The molecule has 1 amide bonds. The van der Waals surface area contributed by atoms with Crippen molar-refractivity contribution in [1.82, 2.24) is 5.32 Å². The highest BCUT2D eigenvalue weighted by Crippen LogP contribution is 2.14. The van der Waals surface area contributed by atoms with E-state index in [1.165, 1.54) is 25.1 Å². The lowest BCUT2D eigenvalue weighted by Gasteiger charge is -2.18. The number of hydrogen-bond donors (Lipinski definition) is 2. The minimum Gasteiger partial charge on any atom is -0.481 e. The maximum absolute atomic E-state index is 12.9. The molecular weight excluding hydrogens is 352 g/mol. The van der Waals surface area contributed by atoms with E-state index in [9.17, 15) is 14.0 Å². The Balaban J connectivity index is 2.79. The maximum atomic E-state index is 12.9. The Morgan fingerprint density at radius 1 is 1.39 bits per heavy atom. The summed E-state index contributed by atoms with van der Waals surface area (Å²) in [7, 11) is 0. The van der Waals surface area contributed by atoms with Gasteiger partial charge in [0.05, 0.1) is 11.5 Å². The first kappa shape index (κ1) is 14.9. The van der Waals surface area contributed by atoms with Gasteiger partial charge in [-0.25, -0.2) is 4.39 Å². The van der Waals surface area contributed by atoms with Crippen LogP contribution in [0, 0.1) is 15.3 Å². The molecule has 2 unspecified atom stereocenters. The average molecular weight is 365 g/mol. The first-order chi connectivity index (χ1) is 8.32. The lowest BCUT2D eigenvalue weighted by atomic mass is 10.0. The van der Waals surface area contributed by atoms with Gasteiger partial charge in [-0.1, -0.05) is 0 Å². The van der Waals surface area contributed by atoms with Gasteiger partial charge in [0.1, 0.15) is 5.82 Å². The molecule has 18 heavy (non-hydrogen) atoms. The van der Waals surface area contributed by atoms with Crippen LogP contribution >= 0.6 is 22.6 Å². The molecular formula is C12H13FINO3. The highest BCUT2D eigenvalue weighted by molar-refractivity contribution is 14.1. The lowest BCUT2D eigenvalue weighted by Crippen LogP contribution is -2.40. The van der Waals surface area contributed by atoms with Crippen molar-refractivity contribution in [3.05, 3.63) is 33.1 Å². The molecule has 1 aromatic carbocycles. The van der Waals surface area contributed by atoms with E-state index in [4.69, 9.17) is 5.11 Å². The molecule has 0 heterocycles. The molecule has 1 aromatic rings. The molecule has 4 nitrogen and oxygen atoms in total. The summed E-state index contributed by atoms with van der Waals surface area (Å²) < 4.78 is 13.4. The highest BCUT2D eigenvalue weighted by Gasteiger charge is 2.22. The van der Waals surface area contributed by atoms with Crippen LogP contribution in [0.1, 0.15) is 24.2 Å². The largest absolute Gasteiger partial charge is 0.481 e. The predicted molar refractivity (Wildman–Crippen MR) is 72.8 cm³/mol. The number of rotatable bonds is 4. The van der Waals surface area contributed by atoms with E-state index in [0.717, 1.165) is 0 Å². The van der Waals surface area contributed by atoms with Crippen molar-refractivity contribution < 1.29 is 19.1 Å². The van der Waals surface area contributed by atoms with Gasteiger partial charge in [-0.05, 0) is 54.6 Å². The second-order valence-electron chi connectivity index (χ2n) is 4.01. The second-order valence-corrected chi connectivity index (χ2v) is 5.18. The summed E-state index contributed by atoms with van der Waals surface area (Å²) >= 11 is 1.86. The minimum absolute atomic E-state index is 0.335. The number of carboxylic acids is 1. The minimum atomic E-state index is -0.975. The number of carbonyl (C=O) groups excluding carboxylic acids is 1. The molecule has 0 radical (unpaired) electrons. The standard InChI is InChI=1S/C12H13FINO3/c1-6(12(17)18)7(2)15-11(16)9-4-3-8(13)5-10(9)14/h3-7H,1-2H3,(H,15,16)(H,17,18). The van der Waals surface area contributed by atoms with Crippen LogP contribution in [0.15, 0.2) is 18.2 Å². The first-order valence-electron chi connectivity index (χ1n) is 5.31. The van der Waals surface area contributed by atoms with Gasteiger partial charge in [0.25, 0.3) is 5.91 Å². The third-order valence-corrected chi connectivity index (χ3v) is 3.57. The fourth-order valence-electron chi connectivity index (χ4n) is 1.30. The molecule has 6 heteroatoms. The van der Waals surface area contributed by atoms with Gasteiger partial charge in [-0.3, -0.25) is 9.59 Å². The van der Waals surface area contributed by atoms with Crippen molar-refractivity contribution in [2.24, 2.45) is 5.92 Å². The molecule has 0 aliphatic heterocycles. The van der Waals surface area contributed by atoms with E-state index in [-0.39, 0.29) is 0 Å². The molecule has 1 rings (SSSR count). The smallest absolute Gasteiger partial charge is 0.308 e. The Morgan fingerprint density at radius 2 is 2.00 bits per heavy atom. The third kappa shape index (κ3) is 3.66. The quantitative estimate of drug-likeness (QED) is 0.805. The highest BCUT2D eigenvalue weighted by atomic mass is 127. The van der Waals surface area contributed by atoms with Crippen molar-refractivity contribution in [2.45, 2.75) is 19.9 Å². The van der Waals surface area contributed by atoms with Gasteiger partial charge >= 0.3 is 5.97 Å². The molecule has 2 N–H and O–H groups in total. The van der Waals surface area contributed by atoms with Crippen LogP contribution in [0.3, 0.4) is 0 Å². The molecule has 0 saturated carbocycles. The number of aliphatic carboxylic acids is 1. The van der Waals surface area contributed by atoms with Crippen molar-refractivity contribution in [2.75, 3.05) is 0 Å². The fourth-order valence-corrected chi connectivity index (χ4v) is 2.02. The molecule has 0 bridgehead atoms.